The molecule has 0 heterocycles. The summed E-state index contributed by atoms with van der Waals surface area (Å²) in [5.74, 6) is -2.48. The fourth-order valence-corrected chi connectivity index (χ4v) is 1.11. The summed E-state index contributed by atoms with van der Waals surface area (Å²) in [4.78, 5) is 22.6. The molecule has 0 aliphatic rings. The minimum absolute atomic E-state index is 0.166. The summed E-state index contributed by atoms with van der Waals surface area (Å²) in [5, 5.41) is 17.3. The Balaban J connectivity index is 4.10. The summed E-state index contributed by atoms with van der Waals surface area (Å²) >= 11 is 0. The molecule has 1 unspecified atom stereocenters. The average molecular weight is 219 g/mol. The maximum absolute atomic E-state index is 10.6. The Labute approximate surface area is 88.4 Å². The topological polar surface area (TPSA) is 87.1 Å². The van der Waals surface area contributed by atoms with Crippen LogP contribution < -0.4 is 0 Å². The lowest BCUT2D eigenvalue weighted by Crippen LogP contribution is -2.37. The van der Waals surface area contributed by atoms with E-state index in [9.17, 15) is 9.59 Å². The van der Waals surface area contributed by atoms with Gasteiger partial charge in [-0.1, -0.05) is 6.92 Å². The quantitative estimate of drug-likeness (QED) is 0.585. The normalized spacial score (nSPS) is 12.7. The van der Waals surface area contributed by atoms with Gasteiger partial charge in [-0.2, -0.15) is 0 Å². The lowest BCUT2D eigenvalue weighted by atomic mass is 10.1. The largest absolute Gasteiger partial charge is 0.481 e. The monoisotopic (exact) mass is 219 g/mol. The van der Waals surface area contributed by atoms with E-state index in [0.717, 1.165) is 0 Å². The molecule has 0 aromatic rings. The van der Waals surface area contributed by atoms with Crippen LogP contribution in [0.2, 0.25) is 0 Å². The van der Waals surface area contributed by atoms with Crippen molar-refractivity contribution in [3.8, 4) is 0 Å². The van der Waals surface area contributed by atoms with E-state index in [-0.39, 0.29) is 13.1 Å². The molecule has 0 rings (SSSR count). The third kappa shape index (κ3) is 6.87. The van der Waals surface area contributed by atoms with Crippen LogP contribution in [0.4, 0.5) is 0 Å². The smallest absolute Gasteiger partial charge is 0.317 e. The van der Waals surface area contributed by atoms with Gasteiger partial charge >= 0.3 is 11.9 Å². The third-order valence-electron chi connectivity index (χ3n) is 1.92. The van der Waals surface area contributed by atoms with Crippen LogP contribution in [0.5, 0.6) is 0 Å². The zero-order valence-corrected chi connectivity index (χ0v) is 8.97. The van der Waals surface area contributed by atoms with Crippen molar-refractivity contribution in [2.24, 2.45) is 5.92 Å². The van der Waals surface area contributed by atoms with Gasteiger partial charge in [-0.15, -0.1) is 0 Å². The molecule has 6 nitrogen and oxygen atoms in total. The van der Waals surface area contributed by atoms with Gasteiger partial charge in [0.05, 0.1) is 19.1 Å². The Bertz CT molecular complexity index is 219. The molecule has 0 bridgehead atoms. The third-order valence-corrected chi connectivity index (χ3v) is 1.92. The second kappa shape index (κ2) is 7.19. The number of nitrogens with zero attached hydrogens (tertiary/aromatic N) is 1. The highest BCUT2D eigenvalue weighted by Gasteiger charge is 2.17. The molecule has 6 heteroatoms. The molecule has 0 saturated heterocycles. The van der Waals surface area contributed by atoms with E-state index >= 15 is 0 Å². The van der Waals surface area contributed by atoms with Crippen molar-refractivity contribution in [2.75, 3.05) is 33.4 Å². The standard InChI is InChI=1S/C9H17NO5/c1-7(9(13)14)5-10(3-4-15-2)6-8(11)12/h7H,3-6H2,1-2H3,(H,11,12)(H,13,14). The van der Waals surface area contributed by atoms with Gasteiger partial charge < -0.3 is 14.9 Å². The molecule has 0 spiro atoms. The van der Waals surface area contributed by atoms with E-state index in [1.165, 1.54) is 7.11 Å². The van der Waals surface area contributed by atoms with E-state index in [0.29, 0.717) is 13.2 Å². The van der Waals surface area contributed by atoms with Crippen LogP contribution in [0.1, 0.15) is 6.92 Å². The van der Waals surface area contributed by atoms with Crippen molar-refractivity contribution in [1.29, 1.82) is 0 Å². The SMILES string of the molecule is COCCN(CC(=O)O)CC(C)C(=O)O. The Morgan fingerprint density at radius 3 is 2.40 bits per heavy atom. The summed E-state index contributed by atoms with van der Waals surface area (Å²) in [6, 6.07) is 0. The maximum Gasteiger partial charge on any atom is 0.317 e. The average Bonchev–Trinajstić information content (AvgIpc) is 2.13. The molecule has 15 heavy (non-hydrogen) atoms. The molecule has 0 aliphatic carbocycles. The molecule has 2 N–H and O–H groups in total. The van der Waals surface area contributed by atoms with Crippen molar-refractivity contribution in [1.82, 2.24) is 4.90 Å². The fraction of sp³-hybridized carbons (Fsp3) is 0.778. The first-order chi connectivity index (χ1) is 6.97. The lowest BCUT2D eigenvalue weighted by molar-refractivity contribution is -0.144. The van der Waals surface area contributed by atoms with Crippen molar-refractivity contribution in [3.63, 3.8) is 0 Å². The molecule has 0 fully saturated rings. The summed E-state index contributed by atoms with van der Waals surface area (Å²) in [7, 11) is 1.51. The van der Waals surface area contributed by atoms with Crippen LogP contribution in [0.3, 0.4) is 0 Å². The van der Waals surface area contributed by atoms with Gasteiger partial charge in [-0.05, 0) is 0 Å². The van der Waals surface area contributed by atoms with Crippen LogP contribution >= 0.6 is 0 Å². The molecule has 0 amide bonds. The number of hydrogen-bond donors (Lipinski definition) is 2. The zero-order chi connectivity index (χ0) is 11.8. The van der Waals surface area contributed by atoms with Crippen LogP contribution in [0, 0.1) is 5.92 Å². The number of aliphatic carboxylic acids is 2. The second-order valence-electron chi connectivity index (χ2n) is 3.36. The Morgan fingerprint density at radius 1 is 1.40 bits per heavy atom. The summed E-state index contributed by atoms with van der Waals surface area (Å²) in [5.41, 5.74) is 0. The van der Waals surface area contributed by atoms with Crippen molar-refractivity contribution < 1.29 is 24.5 Å². The molecule has 0 aliphatic heterocycles. The highest BCUT2D eigenvalue weighted by atomic mass is 16.5. The molecule has 1 atom stereocenters. The number of rotatable bonds is 8. The van der Waals surface area contributed by atoms with Gasteiger partial charge in [0.15, 0.2) is 0 Å². The van der Waals surface area contributed by atoms with Crippen LogP contribution in [0.15, 0.2) is 0 Å². The Morgan fingerprint density at radius 2 is 2.00 bits per heavy atom. The van der Waals surface area contributed by atoms with Gasteiger partial charge in [0, 0.05) is 20.2 Å². The number of hydrogen-bond acceptors (Lipinski definition) is 4. The number of carbonyl (C=O) groups is 2. The van der Waals surface area contributed by atoms with E-state index in [1.807, 2.05) is 0 Å². The Hall–Kier alpha value is -1.14. The van der Waals surface area contributed by atoms with E-state index in [1.54, 1.807) is 11.8 Å². The minimum atomic E-state index is -0.969. The highest BCUT2D eigenvalue weighted by molar-refractivity contribution is 5.70. The first-order valence-electron chi connectivity index (χ1n) is 4.63. The molecule has 0 aromatic carbocycles. The maximum atomic E-state index is 10.6. The van der Waals surface area contributed by atoms with Gasteiger partial charge in [0.25, 0.3) is 0 Å². The van der Waals surface area contributed by atoms with Crippen molar-refractivity contribution in [3.05, 3.63) is 0 Å². The fourth-order valence-electron chi connectivity index (χ4n) is 1.11. The summed E-state index contributed by atoms with van der Waals surface area (Å²) in [6.45, 7) is 2.40. The van der Waals surface area contributed by atoms with E-state index < -0.39 is 17.9 Å². The van der Waals surface area contributed by atoms with E-state index in [2.05, 4.69) is 0 Å². The summed E-state index contributed by atoms with van der Waals surface area (Å²) in [6.07, 6.45) is 0. The van der Waals surface area contributed by atoms with Gasteiger partial charge in [-0.25, -0.2) is 0 Å². The zero-order valence-electron chi connectivity index (χ0n) is 8.97. The van der Waals surface area contributed by atoms with E-state index in [4.69, 9.17) is 14.9 Å². The Kier molecular flexibility index (Phi) is 6.64. The molecular formula is C9H17NO5. The second-order valence-corrected chi connectivity index (χ2v) is 3.36. The first-order valence-corrected chi connectivity index (χ1v) is 4.63. The number of carboxylic acid groups (broad SMARTS) is 2. The molecular weight excluding hydrogens is 202 g/mol. The van der Waals surface area contributed by atoms with Gasteiger partial charge in [0.1, 0.15) is 0 Å². The molecule has 88 valence electrons. The molecule has 0 aromatic heterocycles. The van der Waals surface area contributed by atoms with Crippen molar-refractivity contribution in [2.45, 2.75) is 6.92 Å². The molecule has 0 radical (unpaired) electrons. The number of carboxylic acids is 2. The molecule has 0 saturated carbocycles. The highest BCUT2D eigenvalue weighted by Crippen LogP contribution is 2.00. The number of methoxy groups -OCH3 is 1. The van der Waals surface area contributed by atoms with Gasteiger partial charge in [-0.3, -0.25) is 14.5 Å². The van der Waals surface area contributed by atoms with Crippen LogP contribution in [0.25, 0.3) is 0 Å². The van der Waals surface area contributed by atoms with Crippen LogP contribution in [-0.4, -0.2) is 60.4 Å². The lowest BCUT2D eigenvalue weighted by Gasteiger charge is -2.21. The predicted molar refractivity (Wildman–Crippen MR) is 52.8 cm³/mol. The van der Waals surface area contributed by atoms with Crippen LogP contribution in [-0.2, 0) is 14.3 Å². The minimum Gasteiger partial charge on any atom is -0.481 e. The predicted octanol–water partition coefficient (Wildman–Crippen LogP) is -0.260. The number of ether oxygens (including phenoxy) is 1. The van der Waals surface area contributed by atoms with Crippen molar-refractivity contribution >= 4 is 11.9 Å². The first kappa shape index (κ1) is 13.9. The van der Waals surface area contributed by atoms with Gasteiger partial charge in [0.2, 0.25) is 0 Å². The summed E-state index contributed by atoms with van der Waals surface area (Å²) < 4.78 is 4.81.